The summed E-state index contributed by atoms with van der Waals surface area (Å²) < 4.78 is 9.80. The molecule has 2 aromatic carbocycles. The van der Waals surface area contributed by atoms with E-state index in [0.717, 1.165) is 58.1 Å². The van der Waals surface area contributed by atoms with Crippen LogP contribution in [0.25, 0.3) is 33.6 Å². The molecule has 14 nitrogen and oxygen atoms in total. The zero-order chi connectivity index (χ0) is 42.0. The molecule has 0 saturated carbocycles. The van der Waals surface area contributed by atoms with Gasteiger partial charge in [-0.15, -0.1) is 0 Å². The number of hydrogen-bond donors (Lipinski definition) is 5. The van der Waals surface area contributed by atoms with Gasteiger partial charge >= 0.3 is 6.09 Å². The number of nitrogens with one attached hydrogen (secondary N) is 4. The summed E-state index contributed by atoms with van der Waals surface area (Å²) >= 11 is 0. The number of amides is 3. The number of alkyl carbamates (subject to hydrolysis) is 1. The molecule has 4 aromatic rings. The molecule has 312 valence electrons. The van der Waals surface area contributed by atoms with Gasteiger partial charge in [0.05, 0.1) is 49.0 Å². The molecule has 58 heavy (non-hydrogen) atoms. The molecule has 0 radical (unpaired) electrons. The molecular weight excluding hydrogens is 737 g/mol. The molecule has 2 fully saturated rings. The topological polar surface area (TPSA) is 178 Å². The van der Waals surface area contributed by atoms with E-state index in [1.165, 1.54) is 14.2 Å². The van der Waals surface area contributed by atoms with Crippen molar-refractivity contribution in [3.63, 3.8) is 0 Å². The van der Waals surface area contributed by atoms with E-state index in [4.69, 9.17) is 19.4 Å². The highest BCUT2D eigenvalue weighted by Gasteiger charge is 2.46. The van der Waals surface area contributed by atoms with Gasteiger partial charge in [-0.05, 0) is 72.6 Å². The first-order chi connectivity index (χ1) is 27.6. The van der Waals surface area contributed by atoms with Crippen molar-refractivity contribution >= 4 is 17.9 Å². The Morgan fingerprint density at radius 1 is 0.690 bits per heavy atom. The van der Waals surface area contributed by atoms with Crippen molar-refractivity contribution in [1.29, 1.82) is 0 Å². The van der Waals surface area contributed by atoms with Gasteiger partial charge in [0, 0.05) is 19.2 Å². The SMILES string of the molecule is COC(=O)N[C@H](C(=O)N1[C@H](c2ncc(-c3ccc(-c4ccc(-c5cnc([C@@H]6C[C@@H](C)[C@H](C)N6C(=O)[C@@H](NC(O)OC)C(C)C)[nH]5)cc4)cc3)[nH]2)C[C@@H](C)[C@@H]1C)C(C)C. The minimum atomic E-state index is -1.24. The van der Waals surface area contributed by atoms with Gasteiger partial charge in [0.2, 0.25) is 18.2 Å². The fourth-order valence-corrected chi connectivity index (χ4v) is 8.42. The summed E-state index contributed by atoms with van der Waals surface area (Å²) in [6.45, 7) is 16.1. The number of aromatic nitrogens is 4. The van der Waals surface area contributed by atoms with Crippen LogP contribution < -0.4 is 10.6 Å². The number of hydrogen-bond acceptors (Lipinski definition) is 9. The van der Waals surface area contributed by atoms with E-state index in [-0.39, 0.29) is 59.7 Å². The van der Waals surface area contributed by atoms with Gasteiger partial charge in [0.25, 0.3) is 0 Å². The lowest BCUT2D eigenvalue weighted by Gasteiger charge is -2.34. The number of aliphatic hydroxyl groups is 1. The van der Waals surface area contributed by atoms with Crippen molar-refractivity contribution in [2.75, 3.05) is 14.2 Å². The quantitative estimate of drug-likeness (QED) is 0.0928. The minimum absolute atomic E-state index is 0.00316. The predicted molar refractivity (Wildman–Crippen MR) is 222 cm³/mol. The normalized spacial score (nSPS) is 23.7. The Morgan fingerprint density at radius 2 is 1.09 bits per heavy atom. The predicted octanol–water partition coefficient (Wildman–Crippen LogP) is 6.65. The third-order valence-corrected chi connectivity index (χ3v) is 12.3. The van der Waals surface area contributed by atoms with Crippen molar-refractivity contribution in [2.24, 2.45) is 23.7 Å². The molecule has 3 amide bonds. The second-order valence-electron chi connectivity index (χ2n) is 16.8. The highest BCUT2D eigenvalue weighted by Crippen LogP contribution is 2.41. The molecule has 4 heterocycles. The number of benzene rings is 2. The number of ether oxygens (including phenoxy) is 2. The number of imidazole rings is 2. The third kappa shape index (κ3) is 8.69. The fourth-order valence-electron chi connectivity index (χ4n) is 8.42. The molecule has 2 saturated heterocycles. The number of methoxy groups -OCH3 is 2. The van der Waals surface area contributed by atoms with Gasteiger partial charge in [0.1, 0.15) is 17.7 Å². The summed E-state index contributed by atoms with van der Waals surface area (Å²) in [7, 11) is 2.69. The molecule has 2 aliphatic rings. The van der Waals surface area contributed by atoms with Crippen LogP contribution in [0.15, 0.2) is 60.9 Å². The molecule has 6 rings (SSSR count). The number of H-pyrrole nitrogens is 2. The standard InChI is InChI=1S/C44H60N8O6/c1-23(2)37(49-43(55)57-9)41(53)51-27(7)25(5)19-35(51)39-45-21-33(47-39)31-15-11-29(12-16-31)30-13-17-32(18-14-30)34-22-46-40(48-34)36-20-26(6)28(8)52(36)42(54)38(24(3)4)50-44(56)58-10/h11-18,21-28,35-38,43,49,55H,19-20H2,1-10H3,(H,45,47)(H,46,48)(H,50,56)/t25-,26-,27+,28+,35+,36+,37+,38+,43?/m1/s1. The summed E-state index contributed by atoms with van der Waals surface area (Å²) in [5.74, 6) is 1.55. The first-order valence-corrected chi connectivity index (χ1v) is 20.4. The summed E-state index contributed by atoms with van der Waals surface area (Å²) in [5, 5.41) is 15.8. The molecule has 14 heteroatoms. The molecule has 0 bridgehead atoms. The van der Waals surface area contributed by atoms with Gasteiger partial charge in [-0.25, -0.2) is 14.8 Å². The molecule has 1 unspecified atom stereocenters. The Bertz CT molecular complexity index is 2030. The van der Waals surface area contributed by atoms with Crippen LogP contribution in [0.3, 0.4) is 0 Å². The third-order valence-electron chi connectivity index (χ3n) is 12.3. The number of nitrogens with zero attached hydrogens (tertiary/aromatic N) is 4. The average Bonchev–Trinajstić information content (AvgIpc) is 4.02. The van der Waals surface area contributed by atoms with E-state index in [1.807, 2.05) is 56.8 Å². The van der Waals surface area contributed by atoms with Crippen LogP contribution in [0.1, 0.15) is 92.0 Å². The van der Waals surface area contributed by atoms with Crippen LogP contribution in [0.2, 0.25) is 0 Å². The van der Waals surface area contributed by atoms with Crippen molar-refractivity contribution in [2.45, 2.75) is 111 Å². The van der Waals surface area contributed by atoms with Crippen LogP contribution in [0, 0.1) is 23.7 Å². The highest BCUT2D eigenvalue weighted by atomic mass is 16.6. The van der Waals surface area contributed by atoms with Gasteiger partial charge in [0.15, 0.2) is 0 Å². The van der Waals surface area contributed by atoms with E-state index in [0.29, 0.717) is 0 Å². The lowest BCUT2D eigenvalue weighted by molar-refractivity contribution is -0.146. The number of carbonyl (C=O) groups excluding carboxylic acids is 3. The van der Waals surface area contributed by atoms with Crippen molar-refractivity contribution in [3.8, 4) is 33.6 Å². The maximum absolute atomic E-state index is 13.9. The van der Waals surface area contributed by atoms with Crippen LogP contribution in [0.4, 0.5) is 4.79 Å². The molecule has 0 spiro atoms. The van der Waals surface area contributed by atoms with E-state index in [2.05, 4.69) is 89.9 Å². The lowest BCUT2D eigenvalue weighted by atomic mass is 10.0. The Balaban J connectivity index is 1.15. The number of aliphatic hydroxyl groups excluding tert-OH is 1. The fraction of sp³-hybridized carbons (Fsp3) is 0.523. The zero-order valence-corrected chi connectivity index (χ0v) is 35.3. The van der Waals surface area contributed by atoms with Crippen LogP contribution in [0.5, 0.6) is 0 Å². The maximum Gasteiger partial charge on any atom is 0.407 e. The summed E-state index contributed by atoms with van der Waals surface area (Å²) in [6.07, 6.45) is 3.30. The maximum atomic E-state index is 13.9. The van der Waals surface area contributed by atoms with Crippen LogP contribution in [-0.4, -0.2) is 97.6 Å². The number of carbonyl (C=O) groups is 3. The summed E-state index contributed by atoms with van der Waals surface area (Å²) in [6, 6.07) is 14.7. The van der Waals surface area contributed by atoms with Gasteiger partial charge in [-0.1, -0.05) is 90.1 Å². The molecular formula is C44H60N8O6. The van der Waals surface area contributed by atoms with Gasteiger partial charge < -0.3 is 39.7 Å². The molecule has 0 aliphatic carbocycles. The molecule has 2 aromatic heterocycles. The van der Waals surface area contributed by atoms with E-state index < -0.39 is 24.6 Å². The van der Waals surface area contributed by atoms with E-state index in [9.17, 15) is 19.5 Å². The van der Waals surface area contributed by atoms with Crippen molar-refractivity contribution in [3.05, 3.63) is 72.6 Å². The summed E-state index contributed by atoms with van der Waals surface area (Å²) in [4.78, 5) is 60.2. The smallest absolute Gasteiger partial charge is 0.407 e. The van der Waals surface area contributed by atoms with Crippen LogP contribution in [-0.2, 0) is 19.1 Å². The Hall–Kier alpha value is -5.05. The Morgan fingerprint density at radius 3 is 1.47 bits per heavy atom. The van der Waals surface area contributed by atoms with Crippen molar-refractivity contribution in [1.82, 2.24) is 40.4 Å². The molecule has 2 aliphatic heterocycles. The molecule has 5 N–H and O–H groups in total. The second kappa shape index (κ2) is 17.8. The van der Waals surface area contributed by atoms with Crippen LogP contribution >= 0.6 is 0 Å². The Labute approximate surface area is 341 Å². The first-order valence-electron chi connectivity index (χ1n) is 20.4. The number of rotatable bonds is 13. The zero-order valence-electron chi connectivity index (χ0n) is 35.3. The first kappa shape index (κ1) is 42.6. The van der Waals surface area contributed by atoms with Crippen molar-refractivity contribution < 1.29 is 29.0 Å². The Kier molecular flexibility index (Phi) is 13.1. The average molecular weight is 797 g/mol. The minimum Gasteiger partial charge on any atom is -0.453 e. The lowest BCUT2D eigenvalue weighted by Crippen LogP contribution is -2.54. The van der Waals surface area contributed by atoms with E-state index >= 15 is 0 Å². The second-order valence-corrected chi connectivity index (χ2v) is 16.8. The van der Waals surface area contributed by atoms with Gasteiger partial charge in [-0.3, -0.25) is 14.9 Å². The van der Waals surface area contributed by atoms with Gasteiger partial charge in [-0.2, -0.15) is 0 Å². The number of aromatic amines is 2. The largest absolute Gasteiger partial charge is 0.453 e. The molecule has 9 atom stereocenters. The highest BCUT2D eigenvalue weighted by molar-refractivity contribution is 5.87. The monoisotopic (exact) mass is 796 g/mol. The van der Waals surface area contributed by atoms with E-state index in [1.54, 1.807) is 0 Å². The number of likely N-dealkylation sites (tertiary alicyclic amines) is 2. The summed E-state index contributed by atoms with van der Waals surface area (Å²) in [5.41, 5.74) is 5.80.